The molecule has 0 radical (unpaired) electrons. The maximum absolute atomic E-state index is 5.92. The van der Waals surface area contributed by atoms with E-state index >= 15 is 0 Å². The maximum Gasteiger partial charge on any atom is 0.232 e. The van der Waals surface area contributed by atoms with E-state index in [1.54, 1.807) is 18.6 Å². The van der Waals surface area contributed by atoms with Crippen LogP contribution in [-0.4, -0.2) is 52.8 Å². The Hall–Kier alpha value is -2.05. The highest BCUT2D eigenvalue weighted by molar-refractivity contribution is 5.10. The Labute approximate surface area is 154 Å². The predicted octanol–water partition coefficient (Wildman–Crippen LogP) is 2.57. The molecule has 26 heavy (non-hydrogen) atoms. The van der Waals surface area contributed by atoms with Crippen molar-refractivity contribution < 1.29 is 9.47 Å². The van der Waals surface area contributed by atoms with Crippen LogP contribution in [0.4, 0.5) is 0 Å². The van der Waals surface area contributed by atoms with Gasteiger partial charge in [-0.15, -0.1) is 0 Å². The number of pyridine rings is 1. The Bertz CT molecular complexity index is 675. The summed E-state index contributed by atoms with van der Waals surface area (Å²) in [5.74, 6) is 1.02. The van der Waals surface area contributed by atoms with Crippen molar-refractivity contribution in [3.05, 3.63) is 48.7 Å². The van der Waals surface area contributed by atoms with Crippen molar-refractivity contribution in [2.24, 2.45) is 11.3 Å². The second kappa shape index (κ2) is 8.10. The quantitative estimate of drug-likeness (QED) is 0.822. The van der Waals surface area contributed by atoms with Gasteiger partial charge in [0.25, 0.3) is 0 Å². The summed E-state index contributed by atoms with van der Waals surface area (Å²) in [7, 11) is 0. The fourth-order valence-corrected chi connectivity index (χ4v) is 4.21. The predicted molar refractivity (Wildman–Crippen MR) is 97.6 cm³/mol. The van der Waals surface area contributed by atoms with Gasteiger partial charge in [-0.25, -0.2) is 4.98 Å². The number of ether oxygens (including phenoxy) is 2. The van der Waals surface area contributed by atoms with Crippen molar-refractivity contribution in [3.8, 4) is 5.88 Å². The van der Waals surface area contributed by atoms with Gasteiger partial charge in [-0.2, -0.15) is 0 Å². The van der Waals surface area contributed by atoms with E-state index in [0.717, 1.165) is 39.3 Å². The minimum Gasteiger partial charge on any atom is -0.476 e. The first-order valence-electron chi connectivity index (χ1n) is 9.42. The lowest BCUT2D eigenvalue weighted by Gasteiger charge is -2.48. The van der Waals surface area contributed by atoms with Crippen LogP contribution in [0.5, 0.6) is 5.88 Å². The van der Waals surface area contributed by atoms with Gasteiger partial charge in [0.05, 0.1) is 19.4 Å². The first-order valence-corrected chi connectivity index (χ1v) is 9.42. The summed E-state index contributed by atoms with van der Waals surface area (Å²) in [6.45, 7) is 5.57. The average molecular weight is 354 g/mol. The molecule has 0 unspecified atom stereocenters. The minimum atomic E-state index is 0.329. The SMILES string of the molecule is c1cc(CN2CCC3(CCOC[C@H]3COc3cnccn3)CC2)ccn1. The Morgan fingerprint density at radius 2 is 1.92 bits per heavy atom. The lowest BCUT2D eigenvalue weighted by Crippen LogP contribution is -2.49. The molecule has 0 bridgehead atoms. The van der Waals surface area contributed by atoms with Crippen LogP contribution in [-0.2, 0) is 11.3 Å². The second-order valence-corrected chi connectivity index (χ2v) is 7.37. The van der Waals surface area contributed by atoms with Gasteiger partial charge in [-0.05, 0) is 55.5 Å². The van der Waals surface area contributed by atoms with Crippen LogP contribution in [0.25, 0.3) is 0 Å². The van der Waals surface area contributed by atoms with E-state index in [1.165, 1.54) is 18.4 Å². The Morgan fingerprint density at radius 1 is 1.08 bits per heavy atom. The Kier molecular flexibility index (Phi) is 5.41. The van der Waals surface area contributed by atoms with Gasteiger partial charge in [0.15, 0.2) is 0 Å². The molecule has 2 aromatic heterocycles. The number of piperidine rings is 1. The monoisotopic (exact) mass is 354 g/mol. The van der Waals surface area contributed by atoms with Crippen molar-refractivity contribution in [1.29, 1.82) is 0 Å². The fraction of sp³-hybridized carbons (Fsp3) is 0.550. The third-order valence-corrected chi connectivity index (χ3v) is 5.91. The van der Waals surface area contributed by atoms with Crippen molar-refractivity contribution in [2.75, 3.05) is 32.9 Å². The largest absolute Gasteiger partial charge is 0.476 e. The Morgan fingerprint density at radius 3 is 2.69 bits per heavy atom. The third-order valence-electron chi connectivity index (χ3n) is 5.91. The lowest BCUT2D eigenvalue weighted by atomic mass is 9.66. The number of hydrogen-bond donors (Lipinski definition) is 0. The first-order chi connectivity index (χ1) is 12.8. The van der Waals surface area contributed by atoms with Gasteiger partial charge in [-0.1, -0.05) is 0 Å². The maximum atomic E-state index is 5.92. The molecular formula is C20H26N4O2. The van der Waals surface area contributed by atoms with E-state index in [0.29, 0.717) is 23.8 Å². The number of aromatic nitrogens is 3. The highest BCUT2D eigenvalue weighted by atomic mass is 16.5. The molecule has 138 valence electrons. The summed E-state index contributed by atoms with van der Waals surface area (Å²) in [5, 5.41) is 0. The third kappa shape index (κ3) is 4.02. The standard InChI is InChI=1S/C20H26N4O2/c1-6-21-7-2-17(1)14-24-10-3-20(4-11-24)5-12-25-15-18(20)16-26-19-13-22-8-9-23-19/h1-2,6-9,13,18H,3-5,10-12,14-16H2/t18-/m0/s1. The van der Waals surface area contributed by atoms with Crippen molar-refractivity contribution >= 4 is 0 Å². The van der Waals surface area contributed by atoms with Gasteiger partial charge < -0.3 is 9.47 Å². The molecule has 0 saturated carbocycles. The molecule has 2 saturated heterocycles. The van der Waals surface area contributed by atoms with E-state index in [9.17, 15) is 0 Å². The van der Waals surface area contributed by atoms with Crippen molar-refractivity contribution in [1.82, 2.24) is 19.9 Å². The Balaban J connectivity index is 1.35. The van der Waals surface area contributed by atoms with Gasteiger partial charge in [-0.3, -0.25) is 14.9 Å². The molecule has 2 fully saturated rings. The van der Waals surface area contributed by atoms with Crippen molar-refractivity contribution in [3.63, 3.8) is 0 Å². The summed E-state index contributed by atoms with van der Waals surface area (Å²) in [5.41, 5.74) is 1.67. The highest BCUT2D eigenvalue weighted by Gasteiger charge is 2.43. The second-order valence-electron chi connectivity index (χ2n) is 7.37. The molecule has 0 aliphatic carbocycles. The molecule has 2 aliphatic rings. The number of rotatable bonds is 5. The van der Waals surface area contributed by atoms with Crippen LogP contribution in [0.1, 0.15) is 24.8 Å². The van der Waals surface area contributed by atoms with E-state index in [2.05, 4.69) is 32.0 Å². The van der Waals surface area contributed by atoms with E-state index in [-0.39, 0.29) is 0 Å². The van der Waals surface area contributed by atoms with Gasteiger partial charge in [0, 0.05) is 43.9 Å². The van der Waals surface area contributed by atoms with Gasteiger partial charge >= 0.3 is 0 Å². The first kappa shape index (κ1) is 17.4. The fourth-order valence-electron chi connectivity index (χ4n) is 4.21. The number of nitrogens with zero attached hydrogens (tertiary/aromatic N) is 4. The molecule has 6 nitrogen and oxygen atoms in total. The number of likely N-dealkylation sites (tertiary alicyclic amines) is 1. The normalized spacial score (nSPS) is 23.0. The molecular weight excluding hydrogens is 328 g/mol. The summed E-state index contributed by atoms with van der Waals surface area (Å²) < 4.78 is 11.7. The molecule has 1 atom stereocenters. The molecule has 2 aliphatic heterocycles. The molecule has 1 spiro atoms. The summed E-state index contributed by atoms with van der Waals surface area (Å²) in [6.07, 6.45) is 12.3. The van der Waals surface area contributed by atoms with Crippen LogP contribution >= 0.6 is 0 Å². The summed E-state index contributed by atoms with van der Waals surface area (Å²) in [6, 6.07) is 4.22. The van der Waals surface area contributed by atoms with Gasteiger partial charge in [0.2, 0.25) is 5.88 Å². The average Bonchev–Trinajstić information content (AvgIpc) is 2.71. The minimum absolute atomic E-state index is 0.329. The summed E-state index contributed by atoms with van der Waals surface area (Å²) in [4.78, 5) is 14.9. The van der Waals surface area contributed by atoms with E-state index < -0.39 is 0 Å². The molecule has 0 amide bonds. The van der Waals surface area contributed by atoms with Crippen LogP contribution in [0.3, 0.4) is 0 Å². The van der Waals surface area contributed by atoms with Crippen LogP contribution in [0.2, 0.25) is 0 Å². The number of hydrogen-bond acceptors (Lipinski definition) is 6. The topological polar surface area (TPSA) is 60.4 Å². The lowest BCUT2D eigenvalue weighted by molar-refractivity contribution is -0.0867. The molecule has 0 aromatic carbocycles. The zero-order chi connectivity index (χ0) is 17.7. The molecule has 4 rings (SSSR count). The molecule has 6 heteroatoms. The molecule has 0 N–H and O–H groups in total. The highest BCUT2D eigenvalue weighted by Crippen LogP contribution is 2.45. The van der Waals surface area contributed by atoms with Crippen LogP contribution < -0.4 is 4.74 Å². The molecule has 4 heterocycles. The zero-order valence-electron chi connectivity index (χ0n) is 15.1. The van der Waals surface area contributed by atoms with E-state index in [1.807, 2.05) is 12.4 Å². The van der Waals surface area contributed by atoms with Gasteiger partial charge in [0.1, 0.15) is 0 Å². The van der Waals surface area contributed by atoms with Crippen molar-refractivity contribution in [2.45, 2.75) is 25.8 Å². The van der Waals surface area contributed by atoms with E-state index in [4.69, 9.17) is 9.47 Å². The van der Waals surface area contributed by atoms with Crippen LogP contribution in [0, 0.1) is 11.3 Å². The smallest absolute Gasteiger partial charge is 0.232 e. The van der Waals surface area contributed by atoms with Crippen LogP contribution in [0.15, 0.2) is 43.1 Å². The zero-order valence-corrected chi connectivity index (χ0v) is 15.1. The summed E-state index contributed by atoms with van der Waals surface area (Å²) >= 11 is 0. The molecule has 2 aromatic rings.